The Kier molecular flexibility index (Phi) is 5.83. The smallest absolute Gasteiger partial charge is 0.293 e. The fourth-order valence-electron chi connectivity index (χ4n) is 4.38. The minimum atomic E-state index is -0.332. The summed E-state index contributed by atoms with van der Waals surface area (Å²) in [6, 6.07) is 17.3. The van der Waals surface area contributed by atoms with Crippen LogP contribution >= 0.6 is 11.6 Å². The monoisotopic (exact) mass is 476 g/mol. The SMILES string of the molecule is Cc1ccc(Cl)cc1N1CCN(C(=O)Cn2nc(C)n3nc(-c4ccccc4)cc3c2=O)CC1. The molecule has 0 bridgehead atoms. The molecule has 2 aromatic heterocycles. The Hall–Kier alpha value is -3.65. The van der Waals surface area contributed by atoms with Crippen molar-refractivity contribution in [3.63, 3.8) is 0 Å². The van der Waals surface area contributed by atoms with Gasteiger partial charge in [0.25, 0.3) is 5.56 Å². The number of carbonyl (C=O) groups is 1. The summed E-state index contributed by atoms with van der Waals surface area (Å²) in [6.07, 6.45) is 0. The summed E-state index contributed by atoms with van der Waals surface area (Å²) in [5.74, 6) is 0.425. The Morgan fingerprint density at radius 1 is 0.971 bits per heavy atom. The van der Waals surface area contributed by atoms with Gasteiger partial charge in [0, 0.05) is 42.5 Å². The third kappa shape index (κ3) is 4.17. The maximum absolute atomic E-state index is 13.1. The molecule has 174 valence electrons. The maximum Gasteiger partial charge on any atom is 0.293 e. The van der Waals surface area contributed by atoms with Gasteiger partial charge in [-0.1, -0.05) is 48.0 Å². The predicted molar refractivity (Wildman–Crippen MR) is 132 cm³/mol. The summed E-state index contributed by atoms with van der Waals surface area (Å²) < 4.78 is 2.79. The molecule has 9 heteroatoms. The van der Waals surface area contributed by atoms with Crippen LogP contribution < -0.4 is 10.5 Å². The summed E-state index contributed by atoms with van der Waals surface area (Å²) in [5.41, 5.74) is 3.93. The highest BCUT2D eigenvalue weighted by Gasteiger charge is 2.24. The number of fused-ring (bicyclic) bond motifs is 1. The van der Waals surface area contributed by atoms with Crippen LogP contribution in [0.2, 0.25) is 5.02 Å². The van der Waals surface area contributed by atoms with E-state index in [9.17, 15) is 9.59 Å². The van der Waals surface area contributed by atoms with Crippen LogP contribution in [0.15, 0.2) is 59.4 Å². The average Bonchev–Trinajstić information content (AvgIpc) is 3.31. The maximum atomic E-state index is 13.1. The summed E-state index contributed by atoms with van der Waals surface area (Å²) in [6.45, 7) is 6.29. The standard InChI is InChI=1S/C25H25ClN6O2/c1-17-8-9-20(26)14-22(17)29-10-12-30(13-11-29)24(33)16-31-25(34)23-15-21(19-6-4-3-5-7-19)28-32(23)18(2)27-31/h3-9,14-15H,10-13,16H2,1-2H3. The van der Waals surface area contributed by atoms with Crippen molar-refractivity contribution in [3.05, 3.63) is 81.4 Å². The number of halogens is 1. The van der Waals surface area contributed by atoms with Crippen LogP contribution in [0.3, 0.4) is 0 Å². The Balaban J connectivity index is 1.32. The van der Waals surface area contributed by atoms with Crippen molar-refractivity contribution in [2.24, 2.45) is 0 Å². The summed E-state index contributed by atoms with van der Waals surface area (Å²) in [5, 5.41) is 9.59. The highest BCUT2D eigenvalue weighted by molar-refractivity contribution is 6.30. The molecule has 1 amide bonds. The molecular weight excluding hydrogens is 452 g/mol. The average molecular weight is 477 g/mol. The molecule has 2 aromatic carbocycles. The van der Waals surface area contributed by atoms with Gasteiger partial charge < -0.3 is 9.80 Å². The number of rotatable bonds is 4. The molecular formula is C25H25ClN6O2. The van der Waals surface area contributed by atoms with Gasteiger partial charge in [0.2, 0.25) is 5.91 Å². The van der Waals surface area contributed by atoms with E-state index in [-0.39, 0.29) is 18.0 Å². The molecule has 0 aliphatic carbocycles. The molecule has 8 nitrogen and oxygen atoms in total. The second-order valence-electron chi connectivity index (χ2n) is 8.50. The van der Waals surface area contributed by atoms with Gasteiger partial charge in [0.05, 0.1) is 5.69 Å². The van der Waals surface area contributed by atoms with E-state index in [0.717, 1.165) is 16.8 Å². The van der Waals surface area contributed by atoms with Gasteiger partial charge in [-0.15, -0.1) is 0 Å². The highest BCUT2D eigenvalue weighted by Crippen LogP contribution is 2.25. The Morgan fingerprint density at radius 3 is 2.44 bits per heavy atom. The predicted octanol–water partition coefficient (Wildman–Crippen LogP) is 3.18. The largest absolute Gasteiger partial charge is 0.368 e. The number of hydrogen-bond donors (Lipinski definition) is 0. The second-order valence-corrected chi connectivity index (χ2v) is 8.94. The van der Waals surface area contributed by atoms with E-state index >= 15 is 0 Å². The molecule has 5 rings (SSSR count). The third-order valence-corrected chi connectivity index (χ3v) is 6.47. The van der Waals surface area contributed by atoms with Crippen LogP contribution in [0.4, 0.5) is 5.69 Å². The zero-order valence-electron chi connectivity index (χ0n) is 19.1. The first-order valence-electron chi connectivity index (χ1n) is 11.2. The number of hydrogen-bond acceptors (Lipinski definition) is 5. The van der Waals surface area contributed by atoms with E-state index in [1.165, 1.54) is 9.20 Å². The fourth-order valence-corrected chi connectivity index (χ4v) is 4.55. The minimum absolute atomic E-state index is 0.0990. The summed E-state index contributed by atoms with van der Waals surface area (Å²) >= 11 is 6.17. The molecule has 34 heavy (non-hydrogen) atoms. The van der Waals surface area contributed by atoms with Crippen molar-refractivity contribution < 1.29 is 4.79 Å². The lowest BCUT2D eigenvalue weighted by molar-refractivity contribution is -0.132. The molecule has 0 atom stereocenters. The van der Waals surface area contributed by atoms with Gasteiger partial charge in [-0.25, -0.2) is 9.20 Å². The number of benzene rings is 2. The molecule has 1 aliphatic heterocycles. The van der Waals surface area contributed by atoms with E-state index in [0.29, 0.717) is 48.2 Å². The van der Waals surface area contributed by atoms with Crippen molar-refractivity contribution >= 4 is 28.7 Å². The zero-order valence-corrected chi connectivity index (χ0v) is 19.9. The van der Waals surface area contributed by atoms with Gasteiger partial charge in [-0.2, -0.15) is 10.2 Å². The van der Waals surface area contributed by atoms with E-state index < -0.39 is 0 Å². The van der Waals surface area contributed by atoms with Crippen molar-refractivity contribution in [1.82, 2.24) is 24.3 Å². The van der Waals surface area contributed by atoms with E-state index in [4.69, 9.17) is 11.6 Å². The Morgan fingerprint density at radius 2 is 1.71 bits per heavy atom. The van der Waals surface area contributed by atoms with Gasteiger partial charge in [-0.05, 0) is 37.6 Å². The number of aryl methyl sites for hydroxylation is 2. The number of anilines is 1. The molecule has 0 saturated carbocycles. The molecule has 0 spiro atoms. The van der Waals surface area contributed by atoms with Crippen molar-refractivity contribution in [3.8, 4) is 11.3 Å². The lowest BCUT2D eigenvalue weighted by atomic mass is 10.1. The first kappa shape index (κ1) is 22.2. The van der Waals surface area contributed by atoms with Gasteiger partial charge in [-0.3, -0.25) is 9.59 Å². The number of carbonyl (C=O) groups excluding carboxylic acids is 1. The molecule has 0 N–H and O–H groups in total. The molecule has 1 aliphatic rings. The number of aromatic nitrogens is 4. The van der Waals surface area contributed by atoms with Crippen LogP contribution in [0.25, 0.3) is 16.8 Å². The number of nitrogens with zero attached hydrogens (tertiary/aromatic N) is 6. The molecule has 3 heterocycles. The molecule has 1 saturated heterocycles. The highest BCUT2D eigenvalue weighted by atomic mass is 35.5. The molecule has 1 fully saturated rings. The van der Waals surface area contributed by atoms with Crippen molar-refractivity contribution in [2.45, 2.75) is 20.4 Å². The van der Waals surface area contributed by atoms with Gasteiger partial charge in [0.1, 0.15) is 17.9 Å². The third-order valence-electron chi connectivity index (χ3n) is 6.23. The van der Waals surface area contributed by atoms with Crippen LogP contribution in [-0.2, 0) is 11.3 Å². The normalized spacial score (nSPS) is 14.1. The summed E-state index contributed by atoms with van der Waals surface area (Å²) in [7, 11) is 0. The Bertz CT molecular complexity index is 1420. The zero-order chi connectivity index (χ0) is 23.8. The van der Waals surface area contributed by atoms with Crippen LogP contribution in [0.5, 0.6) is 0 Å². The minimum Gasteiger partial charge on any atom is -0.368 e. The topological polar surface area (TPSA) is 75.7 Å². The molecule has 0 unspecified atom stereocenters. The lowest BCUT2D eigenvalue weighted by Gasteiger charge is -2.37. The van der Waals surface area contributed by atoms with E-state index in [1.807, 2.05) is 48.5 Å². The molecule has 4 aromatic rings. The lowest BCUT2D eigenvalue weighted by Crippen LogP contribution is -2.50. The first-order valence-corrected chi connectivity index (χ1v) is 11.6. The molecule has 0 radical (unpaired) electrons. The number of piperazine rings is 1. The van der Waals surface area contributed by atoms with E-state index in [1.54, 1.807) is 17.9 Å². The van der Waals surface area contributed by atoms with Gasteiger partial charge >= 0.3 is 0 Å². The fraction of sp³-hybridized carbons (Fsp3) is 0.280. The van der Waals surface area contributed by atoms with Crippen molar-refractivity contribution in [1.29, 1.82) is 0 Å². The summed E-state index contributed by atoms with van der Waals surface area (Å²) in [4.78, 5) is 30.1. The van der Waals surface area contributed by atoms with Crippen LogP contribution in [0.1, 0.15) is 11.4 Å². The number of amides is 1. The van der Waals surface area contributed by atoms with Crippen molar-refractivity contribution in [2.75, 3.05) is 31.1 Å². The quantitative estimate of drug-likeness (QED) is 0.452. The van der Waals surface area contributed by atoms with Crippen LogP contribution in [0, 0.1) is 13.8 Å². The Labute approximate surface area is 202 Å². The van der Waals surface area contributed by atoms with Crippen LogP contribution in [-0.4, -0.2) is 56.4 Å². The first-order chi connectivity index (χ1) is 16.4. The second kappa shape index (κ2) is 8.95. The van der Waals surface area contributed by atoms with Gasteiger partial charge in [0.15, 0.2) is 0 Å². The van der Waals surface area contributed by atoms with E-state index in [2.05, 4.69) is 22.0 Å².